The first-order chi connectivity index (χ1) is 5.02. The topological polar surface area (TPSA) is 17.1 Å². The number of hydrogen-bond donors (Lipinski definition) is 0. The highest BCUT2D eigenvalue weighted by Gasteiger charge is 2.51. The molecule has 0 amide bonds. The maximum Gasteiger partial charge on any atom is 0.141 e. The standard InChI is InChI=1S/C10H14O/c1-6-4-7-9(6)8(11)5-10(7,2)3/h4,7,9H,5H2,1-3H3. The highest BCUT2D eigenvalue weighted by Crippen LogP contribution is 2.53. The Kier molecular flexibility index (Phi) is 1.14. The second kappa shape index (κ2) is 1.77. The van der Waals surface area contributed by atoms with Crippen molar-refractivity contribution in [2.75, 3.05) is 0 Å². The van der Waals surface area contributed by atoms with Crippen LogP contribution >= 0.6 is 0 Å². The highest BCUT2D eigenvalue weighted by molar-refractivity contribution is 5.89. The van der Waals surface area contributed by atoms with Crippen LogP contribution in [-0.4, -0.2) is 5.78 Å². The monoisotopic (exact) mass is 150 g/mol. The van der Waals surface area contributed by atoms with Gasteiger partial charge >= 0.3 is 0 Å². The summed E-state index contributed by atoms with van der Waals surface area (Å²) < 4.78 is 0. The number of fused-ring (bicyclic) bond motifs is 1. The minimum absolute atomic E-state index is 0.237. The first-order valence-electron chi connectivity index (χ1n) is 4.23. The summed E-state index contributed by atoms with van der Waals surface area (Å²) in [7, 11) is 0. The van der Waals surface area contributed by atoms with Crippen LogP contribution in [-0.2, 0) is 4.79 Å². The van der Waals surface area contributed by atoms with E-state index < -0.39 is 0 Å². The Bertz CT molecular complexity index is 248. The third-order valence-electron chi connectivity index (χ3n) is 3.17. The van der Waals surface area contributed by atoms with E-state index in [2.05, 4.69) is 26.8 Å². The Labute approximate surface area is 67.5 Å². The first kappa shape index (κ1) is 7.08. The van der Waals surface area contributed by atoms with Crippen LogP contribution in [0.4, 0.5) is 0 Å². The van der Waals surface area contributed by atoms with Gasteiger partial charge in [-0.1, -0.05) is 25.5 Å². The van der Waals surface area contributed by atoms with Gasteiger partial charge in [-0.3, -0.25) is 4.79 Å². The fraction of sp³-hybridized carbons (Fsp3) is 0.700. The molecule has 2 aliphatic carbocycles. The Morgan fingerprint density at radius 1 is 1.55 bits per heavy atom. The summed E-state index contributed by atoms with van der Waals surface area (Å²) >= 11 is 0. The van der Waals surface area contributed by atoms with E-state index in [0.29, 0.717) is 17.6 Å². The van der Waals surface area contributed by atoms with Crippen molar-refractivity contribution in [1.29, 1.82) is 0 Å². The molecular formula is C10H14O. The lowest BCUT2D eigenvalue weighted by Crippen LogP contribution is -2.29. The number of allylic oxidation sites excluding steroid dienone is 2. The zero-order valence-electron chi connectivity index (χ0n) is 7.35. The molecule has 0 saturated heterocycles. The number of rotatable bonds is 0. The largest absolute Gasteiger partial charge is 0.299 e. The Hall–Kier alpha value is -0.590. The summed E-state index contributed by atoms with van der Waals surface area (Å²) in [6.07, 6.45) is 3.03. The van der Waals surface area contributed by atoms with E-state index in [1.807, 2.05) is 0 Å². The molecule has 60 valence electrons. The molecule has 1 saturated carbocycles. The maximum atomic E-state index is 11.4. The van der Waals surface area contributed by atoms with Crippen LogP contribution in [0.2, 0.25) is 0 Å². The van der Waals surface area contributed by atoms with E-state index in [1.54, 1.807) is 0 Å². The van der Waals surface area contributed by atoms with Crippen molar-refractivity contribution in [3.8, 4) is 0 Å². The van der Waals surface area contributed by atoms with E-state index in [1.165, 1.54) is 5.57 Å². The van der Waals surface area contributed by atoms with Gasteiger partial charge in [-0.2, -0.15) is 0 Å². The minimum atomic E-state index is 0.237. The number of Topliss-reactive ketones (excluding diaryl/α,β-unsaturated/α-hetero) is 1. The highest BCUT2D eigenvalue weighted by atomic mass is 16.1. The van der Waals surface area contributed by atoms with Crippen LogP contribution in [0.15, 0.2) is 11.6 Å². The van der Waals surface area contributed by atoms with E-state index >= 15 is 0 Å². The second-order valence-electron chi connectivity index (χ2n) is 4.55. The van der Waals surface area contributed by atoms with Gasteiger partial charge in [-0.25, -0.2) is 0 Å². The van der Waals surface area contributed by atoms with Crippen molar-refractivity contribution in [1.82, 2.24) is 0 Å². The van der Waals surface area contributed by atoms with Gasteiger partial charge in [0, 0.05) is 12.3 Å². The molecule has 0 aromatic carbocycles. The van der Waals surface area contributed by atoms with Crippen LogP contribution in [0, 0.1) is 17.3 Å². The van der Waals surface area contributed by atoms with Crippen LogP contribution in [0.3, 0.4) is 0 Å². The molecule has 0 N–H and O–H groups in total. The number of carbonyl (C=O) groups excluding carboxylic acids is 1. The van der Waals surface area contributed by atoms with Gasteiger partial charge in [0.25, 0.3) is 0 Å². The predicted molar refractivity (Wildman–Crippen MR) is 44.1 cm³/mol. The summed E-state index contributed by atoms with van der Waals surface area (Å²) in [5.41, 5.74) is 1.53. The van der Waals surface area contributed by atoms with Crippen molar-refractivity contribution in [2.45, 2.75) is 27.2 Å². The molecule has 0 aromatic heterocycles. The first-order valence-corrected chi connectivity index (χ1v) is 4.23. The molecule has 0 heterocycles. The van der Waals surface area contributed by atoms with Gasteiger partial charge in [0.05, 0.1) is 0 Å². The summed E-state index contributed by atoms with van der Waals surface area (Å²) in [5.74, 6) is 1.31. The fourth-order valence-corrected chi connectivity index (χ4v) is 2.46. The lowest BCUT2D eigenvalue weighted by atomic mass is 9.69. The van der Waals surface area contributed by atoms with Crippen molar-refractivity contribution >= 4 is 5.78 Å². The Morgan fingerprint density at radius 2 is 2.18 bits per heavy atom. The zero-order chi connectivity index (χ0) is 8.22. The van der Waals surface area contributed by atoms with Gasteiger partial charge in [0.1, 0.15) is 5.78 Å². The van der Waals surface area contributed by atoms with E-state index in [4.69, 9.17) is 0 Å². The van der Waals surface area contributed by atoms with Gasteiger partial charge < -0.3 is 0 Å². The molecule has 0 spiro atoms. The van der Waals surface area contributed by atoms with Crippen molar-refractivity contribution in [2.24, 2.45) is 17.3 Å². The summed E-state index contributed by atoms with van der Waals surface area (Å²) in [6.45, 7) is 6.46. The molecule has 0 radical (unpaired) electrons. The van der Waals surface area contributed by atoms with Crippen molar-refractivity contribution < 1.29 is 4.79 Å². The molecule has 0 aliphatic heterocycles. The van der Waals surface area contributed by atoms with Gasteiger partial charge in [-0.15, -0.1) is 0 Å². The molecule has 2 atom stereocenters. The lowest BCUT2D eigenvalue weighted by Gasteiger charge is -2.34. The Morgan fingerprint density at radius 3 is 2.55 bits per heavy atom. The van der Waals surface area contributed by atoms with Crippen molar-refractivity contribution in [3.05, 3.63) is 11.6 Å². The minimum Gasteiger partial charge on any atom is -0.299 e. The molecule has 1 nitrogen and oxygen atoms in total. The summed E-state index contributed by atoms with van der Waals surface area (Å²) in [5, 5.41) is 0. The summed E-state index contributed by atoms with van der Waals surface area (Å²) in [4.78, 5) is 11.4. The van der Waals surface area contributed by atoms with E-state index in [9.17, 15) is 4.79 Å². The van der Waals surface area contributed by atoms with Gasteiger partial charge in [0.15, 0.2) is 0 Å². The fourth-order valence-electron chi connectivity index (χ4n) is 2.46. The Balaban J connectivity index is 2.35. The number of carbonyl (C=O) groups is 1. The number of hydrogen-bond acceptors (Lipinski definition) is 1. The smallest absolute Gasteiger partial charge is 0.141 e. The molecule has 2 unspecified atom stereocenters. The van der Waals surface area contributed by atoms with Crippen LogP contribution in [0.25, 0.3) is 0 Å². The van der Waals surface area contributed by atoms with Crippen LogP contribution in [0.1, 0.15) is 27.2 Å². The SMILES string of the molecule is CC1=CC2C1C(=O)CC2(C)C. The second-order valence-corrected chi connectivity index (χ2v) is 4.55. The molecule has 0 bridgehead atoms. The average molecular weight is 150 g/mol. The third kappa shape index (κ3) is 0.741. The summed E-state index contributed by atoms with van der Waals surface area (Å²) in [6, 6.07) is 0. The molecule has 11 heavy (non-hydrogen) atoms. The van der Waals surface area contributed by atoms with Crippen molar-refractivity contribution in [3.63, 3.8) is 0 Å². The maximum absolute atomic E-state index is 11.4. The van der Waals surface area contributed by atoms with Crippen LogP contribution in [0.5, 0.6) is 0 Å². The molecule has 2 aliphatic rings. The normalized spacial score (nSPS) is 39.5. The molecule has 1 fully saturated rings. The lowest BCUT2D eigenvalue weighted by molar-refractivity contribution is -0.120. The predicted octanol–water partition coefficient (Wildman–Crippen LogP) is 2.18. The molecular weight excluding hydrogens is 136 g/mol. The van der Waals surface area contributed by atoms with Crippen LogP contribution < -0.4 is 0 Å². The molecule has 0 aromatic rings. The zero-order valence-corrected chi connectivity index (χ0v) is 7.35. The van der Waals surface area contributed by atoms with Gasteiger partial charge in [-0.05, 0) is 18.3 Å². The molecule has 2 rings (SSSR count). The third-order valence-corrected chi connectivity index (χ3v) is 3.17. The average Bonchev–Trinajstić information content (AvgIpc) is 1.96. The van der Waals surface area contributed by atoms with Gasteiger partial charge in [0.2, 0.25) is 0 Å². The number of ketones is 1. The van der Waals surface area contributed by atoms with E-state index in [-0.39, 0.29) is 5.41 Å². The molecule has 1 heteroatoms. The van der Waals surface area contributed by atoms with E-state index in [0.717, 1.165) is 6.42 Å². The quantitative estimate of drug-likeness (QED) is 0.484.